The Kier molecular flexibility index (Phi) is 3.63. The van der Waals surface area contributed by atoms with Crippen molar-refractivity contribution in [2.45, 2.75) is 0 Å². The van der Waals surface area contributed by atoms with Gasteiger partial charge < -0.3 is 9.52 Å². The van der Waals surface area contributed by atoms with Crippen LogP contribution in [0, 0.1) is 10.1 Å². The van der Waals surface area contributed by atoms with E-state index in [1.165, 1.54) is 18.2 Å². The molecule has 0 saturated carbocycles. The molecule has 0 atom stereocenters. The second kappa shape index (κ2) is 4.98. The third-order valence-electron chi connectivity index (χ3n) is 1.41. The second-order valence-electron chi connectivity index (χ2n) is 2.40. The lowest BCUT2D eigenvalue weighted by atomic mass is 10.4. The monoisotopic (exact) mass is 195 g/mol. The van der Waals surface area contributed by atoms with Crippen LogP contribution < -0.4 is 0 Å². The molecule has 1 N–H and O–H groups in total. The molecular weight excluding hydrogens is 186 g/mol. The highest BCUT2D eigenvalue weighted by atomic mass is 16.6. The van der Waals surface area contributed by atoms with Crippen LogP contribution in [0.15, 0.2) is 34.8 Å². The Morgan fingerprint density at radius 1 is 1.50 bits per heavy atom. The standard InChI is InChI=1S/C9H9NO4/c11-7-3-1-2-4-8-5-6-9(14-8)10(12)13/h1-6,11H,7H2. The molecular formula is C9H9NO4. The predicted molar refractivity (Wildman–Crippen MR) is 50.6 cm³/mol. The molecule has 5 nitrogen and oxygen atoms in total. The van der Waals surface area contributed by atoms with Gasteiger partial charge in [0.15, 0.2) is 0 Å². The summed E-state index contributed by atoms with van der Waals surface area (Å²) in [5.41, 5.74) is 0. The molecule has 0 unspecified atom stereocenters. The van der Waals surface area contributed by atoms with Crippen LogP contribution in [0.4, 0.5) is 5.88 Å². The van der Waals surface area contributed by atoms with Gasteiger partial charge in [-0.3, -0.25) is 10.1 Å². The van der Waals surface area contributed by atoms with Crippen LogP contribution in [-0.2, 0) is 0 Å². The minimum absolute atomic E-state index is 0.0390. The maximum absolute atomic E-state index is 10.2. The van der Waals surface area contributed by atoms with Crippen molar-refractivity contribution < 1.29 is 14.4 Å². The van der Waals surface area contributed by atoms with Crippen molar-refractivity contribution >= 4 is 12.0 Å². The van der Waals surface area contributed by atoms with Gasteiger partial charge in [-0.1, -0.05) is 18.2 Å². The third-order valence-corrected chi connectivity index (χ3v) is 1.41. The highest BCUT2D eigenvalue weighted by Gasteiger charge is 2.09. The van der Waals surface area contributed by atoms with Gasteiger partial charge in [-0.05, 0) is 12.1 Å². The van der Waals surface area contributed by atoms with E-state index in [1.807, 2.05) is 0 Å². The number of rotatable bonds is 4. The number of hydrogen-bond donors (Lipinski definition) is 1. The topological polar surface area (TPSA) is 76.5 Å². The summed E-state index contributed by atoms with van der Waals surface area (Å²) in [6.07, 6.45) is 6.35. The van der Waals surface area contributed by atoms with Gasteiger partial charge in [-0.2, -0.15) is 0 Å². The average Bonchev–Trinajstić information content (AvgIpc) is 2.61. The van der Waals surface area contributed by atoms with Crippen molar-refractivity contribution in [2.24, 2.45) is 0 Å². The van der Waals surface area contributed by atoms with Crippen molar-refractivity contribution in [3.8, 4) is 0 Å². The summed E-state index contributed by atoms with van der Waals surface area (Å²) in [6, 6.07) is 2.79. The summed E-state index contributed by atoms with van der Waals surface area (Å²) in [5.74, 6) is 0.120. The van der Waals surface area contributed by atoms with Crippen molar-refractivity contribution in [3.05, 3.63) is 46.2 Å². The lowest BCUT2D eigenvalue weighted by molar-refractivity contribution is -0.402. The SMILES string of the molecule is O=[N+]([O-])c1ccc(C=CC=CCO)o1. The van der Waals surface area contributed by atoms with Gasteiger partial charge in [0.1, 0.15) is 10.7 Å². The maximum atomic E-state index is 10.2. The number of nitro groups is 1. The van der Waals surface area contributed by atoms with E-state index in [2.05, 4.69) is 0 Å². The van der Waals surface area contributed by atoms with Gasteiger partial charge in [-0.25, -0.2) is 0 Å². The Morgan fingerprint density at radius 2 is 2.29 bits per heavy atom. The molecule has 0 radical (unpaired) electrons. The number of aliphatic hydroxyl groups is 1. The van der Waals surface area contributed by atoms with Gasteiger partial charge in [0.25, 0.3) is 0 Å². The summed E-state index contributed by atoms with van der Waals surface area (Å²) in [5, 5.41) is 18.6. The Balaban J connectivity index is 2.64. The first-order valence-corrected chi connectivity index (χ1v) is 3.92. The molecule has 0 bridgehead atoms. The van der Waals surface area contributed by atoms with E-state index in [0.29, 0.717) is 5.76 Å². The molecule has 0 aromatic carbocycles. The van der Waals surface area contributed by atoms with Crippen LogP contribution in [0.5, 0.6) is 0 Å². The Labute approximate surface area is 80.1 Å². The van der Waals surface area contributed by atoms with E-state index in [1.54, 1.807) is 18.2 Å². The number of furan rings is 1. The molecule has 5 heteroatoms. The largest absolute Gasteiger partial charge is 0.433 e. The average molecular weight is 195 g/mol. The summed E-state index contributed by atoms with van der Waals surface area (Å²) in [6.45, 7) is -0.0390. The van der Waals surface area contributed by atoms with Crippen LogP contribution >= 0.6 is 0 Å². The predicted octanol–water partition coefficient (Wildman–Crippen LogP) is 1.75. The fourth-order valence-corrected chi connectivity index (χ4v) is 0.820. The first kappa shape index (κ1) is 10.2. The van der Waals surface area contributed by atoms with E-state index in [4.69, 9.17) is 9.52 Å². The van der Waals surface area contributed by atoms with E-state index >= 15 is 0 Å². The molecule has 14 heavy (non-hydrogen) atoms. The zero-order chi connectivity index (χ0) is 10.4. The number of aliphatic hydroxyl groups excluding tert-OH is 1. The quantitative estimate of drug-likeness (QED) is 0.451. The molecule has 0 saturated heterocycles. The van der Waals surface area contributed by atoms with E-state index in [0.717, 1.165) is 0 Å². The van der Waals surface area contributed by atoms with Crippen LogP contribution in [0.3, 0.4) is 0 Å². The molecule has 74 valence electrons. The summed E-state index contributed by atoms with van der Waals surface area (Å²) < 4.78 is 4.84. The molecule has 0 aliphatic carbocycles. The molecule has 1 rings (SSSR count). The minimum Gasteiger partial charge on any atom is -0.401 e. The van der Waals surface area contributed by atoms with Gasteiger partial charge >= 0.3 is 5.88 Å². The molecule has 0 aliphatic heterocycles. The first-order chi connectivity index (χ1) is 6.74. The number of hydrogen-bond acceptors (Lipinski definition) is 4. The Morgan fingerprint density at radius 3 is 2.86 bits per heavy atom. The van der Waals surface area contributed by atoms with E-state index in [-0.39, 0.29) is 12.5 Å². The lowest BCUT2D eigenvalue weighted by Gasteiger charge is -1.82. The van der Waals surface area contributed by atoms with E-state index in [9.17, 15) is 10.1 Å². The Bertz CT molecular complexity index is 365. The molecule has 0 aliphatic rings. The second-order valence-corrected chi connectivity index (χ2v) is 2.40. The van der Waals surface area contributed by atoms with E-state index < -0.39 is 4.92 Å². The maximum Gasteiger partial charge on any atom is 0.433 e. The van der Waals surface area contributed by atoms with Crippen LogP contribution in [-0.4, -0.2) is 16.6 Å². The van der Waals surface area contributed by atoms with Crippen LogP contribution in [0.1, 0.15) is 5.76 Å². The lowest BCUT2D eigenvalue weighted by Crippen LogP contribution is -1.82. The number of allylic oxidation sites excluding steroid dienone is 2. The van der Waals surface area contributed by atoms with Gasteiger partial charge in [0.05, 0.1) is 12.7 Å². The highest BCUT2D eigenvalue weighted by molar-refractivity contribution is 5.46. The molecule has 0 fully saturated rings. The van der Waals surface area contributed by atoms with Crippen molar-refractivity contribution in [2.75, 3.05) is 6.61 Å². The first-order valence-electron chi connectivity index (χ1n) is 3.92. The van der Waals surface area contributed by atoms with Crippen molar-refractivity contribution in [3.63, 3.8) is 0 Å². The third kappa shape index (κ3) is 2.87. The molecule has 1 aromatic rings. The zero-order valence-electron chi connectivity index (χ0n) is 7.29. The normalized spacial score (nSPS) is 11.5. The Hall–Kier alpha value is -1.88. The van der Waals surface area contributed by atoms with Gasteiger partial charge in [0.2, 0.25) is 0 Å². The fraction of sp³-hybridized carbons (Fsp3) is 0.111. The van der Waals surface area contributed by atoms with Crippen molar-refractivity contribution in [1.82, 2.24) is 0 Å². The molecule has 1 heterocycles. The molecule has 0 amide bonds. The highest BCUT2D eigenvalue weighted by Crippen LogP contribution is 2.16. The summed E-state index contributed by atoms with van der Waals surface area (Å²) in [4.78, 5) is 9.63. The van der Waals surface area contributed by atoms with Crippen molar-refractivity contribution in [1.29, 1.82) is 0 Å². The van der Waals surface area contributed by atoms with Crippen LogP contribution in [0.25, 0.3) is 6.08 Å². The van der Waals surface area contributed by atoms with Gasteiger partial charge in [0, 0.05) is 0 Å². The summed E-state index contributed by atoms with van der Waals surface area (Å²) >= 11 is 0. The smallest absolute Gasteiger partial charge is 0.401 e. The molecule has 1 aromatic heterocycles. The molecule has 0 spiro atoms. The number of nitrogens with zero attached hydrogens (tertiary/aromatic N) is 1. The van der Waals surface area contributed by atoms with Gasteiger partial charge in [-0.15, -0.1) is 0 Å². The minimum atomic E-state index is -0.596. The fourth-order valence-electron chi connectivity index (χ4n) is 0.820. The summed E-state index contributed by atoms with van der Waals surface area (Å²) in [7, 11) is 0. The van der Waals surface area contributed by atoms with Crippen LogP contribution in [0.2, 0.25) is 0 Å². The zero-order valence-corrected chi connectivity index (χ0v) is 7.29.